The fourth-order valence-corrected chi connectivity index (χ4v) is 2.02. The molecule has 0 bridgehead atoms. The van der Waals surface area contributed by atoms with Crippen LogP contribution in [0.4, 0.5) is 0 Å². The molecular formula is C12H17N3O2. The number of nitrogens with zero attached hydrogens (tertiary/aromatic N) is 1. The first-order chi connectivity index (χ1) is 8.19. The number of carbonyl (C=O) groups excluding carboxylic acids is 1. The molecule has 2 rings (SSSR count). The second-order valence-corrected chi connectivity index (χ2v) is 4.40. The van der Waals surface area contributed by atoms with Crippen LogP contribution in [0.1, 0.15) is 41.9 Å². The molecule has 1 heterocycles. The Morgan fingerprint density at radius 3 is 2.82 bits per heavy atom. The summed E-state index contributed by atoms with van der Waals surface area (Å²) in [7, 11) is 0. The number of rotatable bonds is 3. The normalized spacial score (nSPS) is 24.3. The molecule has 3 N–H and O–H groups in total. The van der Waals surface area contributed by atoms with Crippen LogP contribution in [0.25, 0.3) is 6.08 Å². The zero-order valence-electron chi connectivity index (χ0n) is 9.69. The number of aromatic nitrogens is 1. The number of hydrogen-bond acceptors (Lipinski definition) is 4. The highest BCUT2D eigenvalue weighted by Crippen LogP contribution is 2.17. The Morgan fingerprint density at radius 2 is 2.24 bits per heavy atom. The predicted molar refractivity (Wildman–Crippen MR) is 64.3 cm³/mol. The van der Waals surface area contributed by atoms with Crippen molar-refractivity contribution in [3.8, 4) is 0 Å². The molecule has 1 aromatic rings. The van der Waals surface area contributed by atoms with Crippen LogP contribution >= 0.6 is 0 Å². The van der Waals surface area contributed by atoms with E-state index in [1.165, 1.54) is 6.08 Å². The Labute approximate surface area is 100 Å². The lowest BCUT2D eigenvalue weighted by atomic mass is 9.92. The van der Waals surface area contributed by atoms with Crippen LogP contribution in [0.5, 0.6) is 0 Å². The van der Waals surface area contributed by atoms with E-state index in [0.717, 1.165) is 25.7 Å². The maximum atomic E-state index is 11.8. The van der Waals surface area contributed by atoms with Gasteiger partial charge in [-0.25, -0.2) is 0 Å². The fraction of sp³-hybridized carbons (Fsp3) is 0.500. The van der Waals surface area contributed by atoms with Crippen molar-refractivity contribution in [2.45, 2.75) is 37.8 Å². The molecule has 5 nitrogen and oxygen atoms in total. The van der Waals surface area contributed by atoms with Crippen molar-refractivity contribution in [3.05, 3.63) is 24.1 Å². The third-order valence-corrected chi connectivity index (χ3v) is 3.07. The highest BCUT2D eigenvalue weighted by molar-refractivity contribution is 5.92. The first-order valence-electron chi connectivity index (χ1n) is 5.84. The summed E-state index contributed by atoms with van der Waals surface area (Å²) in [6.07, 6.45) is 5.30. The van der Waals surface area contributed by atoms with Gasteiger partial charge in [-0.2, -0.15) is 0 Å². The Balaban J connectivity index is 1.90. The Kier molecular flexibility index (Phi) is 3.58. The van der Waals surface area contributed by atoms with Gasteiger partial charge in [-0.3, -0.25) is 4.79 Å². The number of carbonyl (C=O) groups is 1. The van der Waals surface area contributed by atoms with Gasteiger partial charge in [-0.15, -0.1) is 0 Å². The minimum atomic E-state index is -0.192. The third kappa shape index (κ3) is 2.94. The van der Waals surface area contributed by atoms with Gasteiger partial charge in [0.15, 0.2) is 11.5 Å². The second-order valence-electron chi connectivity index (χ2n) is 4.40. The first-order valence-corrected chi connectivity index (χ1v) is 5.84. The monoisotopic (exact) mass is 235 g/mol. The molecule has 0 aromatic carbocycles. The van der Waals surface area contributed by atoms with E-state index in [4.69, 9.17) is 10.3 Å². The molecule has 17 heavy (non-hydrogen) atoms. The van der Waals surface area contributed by atoms with Crippen molar-refractivity contribution in [3.63, 3.8) is 0 Å². The van der Waals surface area contributed by atoms with Gasteiger partial charge >= 0.3 is 0 Å². The Morgan fingerprint density at radius 1 is 1.53 bits per heavy atom. The molecule has 1 aromatic heterocycles. The van der Waals surface area contributed by atoms with Crippen LogP contribution in [0.2, 0.25) is 0 Å². The summed E-state index contributed by atoms with van der Waals surface area (Å²) in [6, 6.07) is 2.06. The summed E-state index contributed by atoms with van der Waals surface area (Å²) in [5.74, 6) is 0.308. The number of nitrogens with one attached hydrogen (secondary N) is 1. The summed E-state index contributed by atoms with van der Waals surface area (Å²) in [5.41, 5.74) is 6.11. The highest BCUT2D eigenvalue weighted by atomic mass is 16.5. The summed E-state index contributed by atoms with van der Waals surface area (Å²) < 4.78 is 4.89. The van der Waals surface area contributed by atoms with Crippen LogP contribution in [0.3, 0.4) is 0 Å². The smallest absolute Gasteiger partial charge is 0.273 e. The van der Waals surface area contributed by atoms with Gasteiger partial charge < -0.3 is 15.6 Å². The lowest BCUT2D eigenvalue weighted by Gasteiger charge is -2.26. The van der Waals surface area contributed by atoms with Crippen molar-refractivity contribution in [1.82, 2.24) is 10.5 Å². The van der Waals surface area contributed by atoms with E-state index < -0.39 is 0 Å². The Hall–Kier alpha value is -1.62. The standard InChI is InChI=1S/C12H17N3O2/c1-2-10-7-11(15-17-10)12(16)14-9-5-3-8(13)4-6-9/h2,7-9H,1,3-6,13H2,(H,14,16)/t8-,9-. The van der Waals surface area contributed by atoms with Gasteiger partial charge in [-0.05, 0) is 31.8 Å². The first kappa shape index (κ1) is 11.9. The lowest BCUT2D eigenvalue weighted by Crippen LogP contribution is -2.40. The van der Waals surface area contributed by atoms with Crippen LogP contribution in [-0.4, -0.2) is 23.1 Å². The zero-order valence-corrected chi connectivity index (χ0v) is 9.69. The summed E-state index contributed by atoms with van der Waals surface area (Å²) in [6.45, 7) is 3.55. The molecule has 0 unspecified atom stereocenters. The molecule has 1 fully saturated rings. The van der Waals surface area contributed by atoms with Gasteiger partial charge in [0.25, 0.3) is 5.91 Å². The van der Waals surface area contributed by atoms with E-state index in [2.05, 4.69) is 17.1 Å². The van der Waals surface area contributed by atoms with Gasteiger partial charge in [0, 0.05) is 18.2 Å². The number of nitrogens with two attached hydrogens (primary N) is 1. The van der Waals surface area contributed by atoms with E-state index >= 15 is 0 Å². The maximum Gasteiger partial charge on any atom is 0.273 e. The van der Waals surface area contributed by atoms with Crippen molar-refractivity contribution in [2.24, 2.45) is 5.73 Å². The van der Waals surface area contributed by atoms with Crippen LogP contribution in [0, 0.1) is 0 Å². The quantitative estimate of drug-likeness (QED) is 0.827. The van der Waals surface area contributed by atoms with E-state index in [9.17, 15) is 4.79 Å². The van der Waals surface area contributed by atoms with Crippen molar-refractivity contribution in [2.75, 3.05) is 0 Å². The molecule has 0 aliphatic heterocycles. The minimum Gasteiger partial charge on any atom is -0.356 e. The second kappa shape index (κ2) is 5.14. The molecule has 1 saturated carbocycles. The van der Waals surface area contributed by atoms with Crippen molar-refractivity contribution < 1.29 is 9.32 Å². The van der Waals surface area contributed by atoms with Crippen LogP contribution in [-0.2, 0) is 0 Å². The Bertz CT molecular complexity index is 406. The maximum absolute atomic E-state index is 11.8. The molecule has 5 heteroatoms. The van der Waals surface area contributed by atoms with Gasteiger partial charge in [0.2, 0.25) is 0 Å². The average Bonchev–Trinajstić information content (AvgIpc) is 2.81. The van der Waals surface area contributed by atoms with Crippen LogP contribution < -0.4 is 11.1 Å². The average molecular weight is 235 g/mol. The van der Waals surface area contributed by atoms with E-state index in [-0.39, 0.29) is 18.0 Å². The molecular weight excluding hydrogens is 218 g/mol. The summed E-state index contributed by atoms with van der Waals surface area (Å²) in [5, 5.41) is 6.63. The van der Waals surface area contributed by atoms with Gasteiger partial charge in [0.1, 0.15) is 0 Å². The van der Waals surface area contributed by atoms with Crippen LogP contribution in [0.15, 0.2) is 17.2 Å². The van der Waals surface area contributed by atoms with E-state index in [0.29, 0.717) is 11.5 Å². The van der Waals surface area contributed by atoms with Crippen molar-refractivity contribution >= 4 is 12.0 Å². The predicted octanol–water partition coefficient (Wildman–Crippen LogP) is 1.32. The van der Waals surface area contributed by atoms with Gasteiger partial charge in [0.05, 0.1) is 0 Å². The van der Waals surface area contributed by atoms with Crippen molar-refractivity contribution in [1.29, 1.82) is 0 Å². The number of amides is 1. The lowest BCUT2D eigenvalue weighted by molar-refractivity contribution is 0.0916. The zero-order chi connectivity index (χ0) is 12.3. The van der Waals surface area contributed by atoms with E-state index in [1.54, 1.807) is 6.07 Å². The molecule has 0 atom stereocenters. The topological polar surface area (TPSA) is 81.2 Å². The highest BCUT2D eigenvalue weighted by Gasteiger charge is 2.21. The number of hydrogen-bond donors (Lipinski definition) is 2. The molecule has 1 aliphatic carbocycles. The van der Waals surface area contributed by atoms with Gasteiger partial charge in [-0.1, -0.05) is 11.7 Å². The minimum absolute atomic E-state index is 0.192. The molecule has 0 spiro atoms. The molecule has 1 amide bonds. The third-order valence-electron chi connectivity index (χ3n) is 3.07. The molecule has 1 aliphatic rings. The largest absolute Gasteiger partial charge is 0.356 e. The molecule has 0 radical (unpaired) electrons. The van der Waals surface area contributed by atoms with E-state index in [1.807, 2.05) is 0 Å². The molecule has 92 valence electrons. The summed E-state index contributed by atoms with van der Waals surface area (Å²) >= 11 is 0. The summed E-state index contributed by atoms with van der Waals surface area (Å²) in [4.78, 5) is 11.8. The SMILES string of the molecule is C=Cc1cc(C(=O)N[C@H]2CC[C@H](N)CC2)no1. The fourth-order valence-electron chi connectivity index (χ4n) is 2.02. The molecule has 0 saturated heterocycles.